The van der Waals surface area contributed by atoms with Gasteiger partial charge in [0.2, 0.25) is 0 Å². The van der Waals surface area contributed by atoms with Crippen molar-refractivity contribution in [3.63, 3.8) is 0 Å². The summed E-state index contributed by atoms with van der Waals surface area (Å²) in [6, 6.07) is 5.25. The fourth-order valence-electron chi connectivity index (χ4n) is 2.10. The summed E-state index contributed by atoms with van der Waals surface area (Å²) in [7, 11) is 1.57. The lowest BCUT2D eigenvalue weighted by atomic mass is 10.2. The van der Waals surface area contributed by atoms with Crippen LogP contribution in [0.5, 0.6) is 5.75 Å². The van der Waals surface area contributed by atoms with E-state index in [1.54, 1.807) is 19.2 Å². The van der Waals surface area contributed by atoms with Gasteiger partial charge in [0, 0.05) is 18.3 Å². The second-order valence-corrected chi connectivity index (χ2v) is 4.72. The van der Waals surface area contributed by atoms with Gasteiger partial charge in [-0.1, -0.05) is 0 Å². The predicted molar refractivity (Wildman–Crippen MR) is 70.8 cm³/mol. The van der Waals surface area contributed by atoms with E-state index >= 15 is 0 Å². The molecule has 0 spiro atoms. The van der Waals surface area contributed by atoms with Gasteiger partial charge < -0.3 is 14.6 Å². The lowest BCUT2D eigenvalue weighted by Gasteiger charge is -2.11. The molecule has 100 valence electrons. The van der Waals surface area contributed by atoms with E-state index in [0.29, 0.717) is 24.0 Å². The van der Waals surface area contributed by atoms with Gasteiger partial charge in [0.1, 0.15) is 11.6 Å². The molecule has 0 amide bonds. The Bertz CT molecular complexity index is 578. The van der Waals surface area contributed by atoms with Crippen molar-refractivity contribution in [1.82, 2.24) is 9.55 Å². The Hall–Kier alpha value is -2.04. The molecule has 1 heterocycles. The smallest absolute Gasteiger partial charge is 0.146 e. The van der Waals surface area contributed by atoms with Crippen LogP contribution in [0.25, 0.3) is 0 Å². The summed E-state index contributed by atoms with van der Waals surface area (Å²) in [6.45, 7) is 0.556. The second kappa shape index (κ2) is 4.91. The Balaban J connectivity index is 1.73. The highest BCUT2D eigenvalue weighted by atomic mass is 19.1. The van der Waals surface area contributed by atoms with Crippen molar-refractivity contribution in [2.45, 2.75) is 25.4 Å². The van der Waals surface area contributed by atoms with Crippen LogP contribution in [0, 0.1) is 5.82 Å². The number of anilines is 1. The zero-order valence-electron chi connectivity index (χ0n) is 10.8. The van der Waals surface area contributed by atoms with Gasteiger partial charge >= 0.3 is 0 Å². The van der Waals surface area contributed by atoms with Crippen LogP contribution >= 0.6 is 0 Å². The summed E-state index contributed by atoms with van der Waals surface area (Å²) in [5, 5.41) is 3.10. The molecule has 0 bridgehead atoms. The van der Waals surface area contributed by atoms with Gasteiger partial charge in [0.05, 0.1) is 31.4 Å². The molecule has 0 aliphatic heterocycles. The van der Waals surface area contributed by atoms with E-state index < -0.39 is 0 Å². The van der Waals surface area contributed by atoms with Crippen molar-refractivity contribution in [2.75, 3.05) is 12.4 Å². The predicted octanol–water partition coefficient (Wildman–Crippen LogP) is 2.98. The number of nitrogens with zero attached hydrogens (tertiary/aromatic N) is 2. The highest BCUT2D eigenvalue weighted by Gasteiger charge is 2.25. The van der Waals surface area contributed by atoms with Gasteiger partial charge in [-0.2, -0.15) is 0 Å². The normalized spacial score (nSPS) is 14.4. The molecule has 1 aliphatic carbocycles. The molecule has 3 rings (SSSR count). The molecule has 0 unspecified atom stereocenters. The summed E-state index contributed by atoms with van der Waals surface area (Å²) < 4.78 is 20.9. The standard InChI is InChI=1S/C14H16FN3O/c1-19-12-4-5-13(15)14(6-12)17-8-11-7-16-9-18(11)10-2-3-10/h4-7,9-10,17H,2-3,8H2,1H3. The lowest BCUT2D eigenvalue weighted by molar-refractivity contribution is 0.414. The molecule has 5 heteroatoms. The molecule has 1 saturated carbocycles. The first kappa shape index (κ1) is 12.0. The topological polar surface area (TPSA) is 39.1 Å². The highest BCUT2D eigenvalue weighted by Crippen LogP contribution is 2.35. The molecule has 0 radical (unpaired) electrons. The number of methoxy groups -OCH3 is 1. The third-order valence-corrected chi connectivity index (χ3v) is 3.32. The molecule has 2 aromatic rings. The van der Waals surface area contributed by atoms with E-state index in [1.165, 1.54) is 18.9 Å². The minimum Gasteiger partial charge on any atom is -0.497 e. The zero-order chi connectivity index (χ0) is 13.2. The number of hydrogen-bond acceptors (Lipinski definition) is 3. The number of nitrogens with one attached hydrogen (secondary N) is 1. The molecule has 19 heavy (non-hydrogen) atoms. The minimum absolute atomic E-state index is 0.279. The zero-order valence-corrected chi connectivity index (χ0v) is 10.8. The lowest BCUT2D eigenvalue weighted by Crippen LogP contribution is -2.07. The average molecular weight is 261 g/mol. The Kier molecular flexibility index (Phi) is 3.11. The van der Waals surface area contributed by atoms with Gasteiger partial charge in [0.15, 0.2) is 0 Å². The largest absolute Gasteiger partial charge is 0.497 e. The Labute approximate surface area is 111 Å². The van der Waals surface area contributed by atoms with Crippen LogP contribution in [0.4, 0.5) is 10.1 Å². The Morgan fingerprint density at radius 1 is 1.47 bits per heavy atom. The molecule has 4 nitrogen and oxygen atoms in total. The van der Waals surface area contributed by atoms with Crippen LogP contribution in [-0.4, -0.2) is 16.7 Å². The number of aromatic nitrogens is 2. The summed E-state index contributed by atoms with van der Waals surface area (Å²) in [5.74, 6) is 0.359. The molecule has 1 N–H and O–H groups in total. The van der Waals surface area contributed by atoms with Crippen molar-refractivity contribution in [3.8, 4) is 5.75 Å². The Morgan fingerprint density at radius 3 is 3.05 bits per heavy atom. The van der Waals surface area contributed by atoms with Crippen LogP contribution < -0.4 is 10.1 Å². The molecular formula is C14H16FN3O. The quantitative estimate of drug-likeness (QED) is 0.899. The first-order chi connectivity index (χ1) is 9.28. The molecule has 1 aliphatic rings. The van der Waals surface area contributed by atoms with Crippen LogP contribution in [0.3, 0.4) is 0 Å². The molecule has 0 saturated heterocycles. The molecule has 1 fully saturated rings. The summed E-state index contributed by atoms with van der Waals surface area (Å²) in [5.41, 5.74) is 1.52. The first-order valence-electron chi connectivity index (χ1n) is 6.36. The molecule has 1 aromatic heterocycles. The van der Waals surface area contributed by atoms with E-state index in [4.69, 9.17) is 4.74 Å². The number of hydrogen-bond donors (Lipinski definition) is 1. The van der Waals surface area contributed by atoms with Crippen LogP contribution in [0.15, 0.2) is 30.7 Å². The molecule has 0 atom stereocenters. The number of rotatable bonds is 5. The fraction of sp³-hybridized carbons (Fsp3) is 0.357. The van der Waals surface area contributed by atoms with Gasteiger partial charge in [-0.15, -0.1) is 0 Å². The van der Waals surface area contributed by atoms with Crippen molar-refractivity contribution in [1.29, 1.82) is 0 Å². The monoisotopic (exact) mass is 261 g/mol. The van der Waals surface area contributed by atoms with E-state index in [0.717, 1.165) is 5.69 Å². The summed E-state index contributed by atoms with van der Waals surface area (Å²) in [4.78, 5) is 4.16. The third kappa shape index (κ3) is 2.54. The van der Waals surface area contributed by atoms with Crippen LogP contribution in [0.2, 0.25) is 0 Å². The number of ether oxygens (including phenoxy) is 1. The fourth-order valence-corrected chi connectivity index (χ4v) is 2.10. The van der Waals surface area contributed by atoms with Gasteiger partial charge in [0.25, 0.3) is 0 Å². The second-order valence-electron chi connectivity index (χ2n) is 4.72. The van der Waals surface area contributed by atoms with E-state index in [2.05, 4.69) is 14.9 Å². The highest BCUT2D eigenvalue weighted by molar-refractivity contribution is 5.49. The Morgan fingerprint density at radius 2 is 2.32 bits per heavy atom. The van der Waals surface area contributed by atoms with Crippen molar-refractivity contribution in [3.05, 3.63) is 42.2 Å². The van der Waals surface area contributed by atoms with Gasteiger partial charge in [-0.3, -0.25) is 0 Å². The maximum atomic E-state index is 13.7. The SMILES string of the molecule is COc1ccc(F)c(NCc2cncn2C2CC2)c1. The van der Waals surface area contributed by atoms with Crippen molar-refractivity contribution >= 4 is 5.69 Å². The van der Waals surface area contributed by atoms with Crippen LogP contribution in [-0.2, 0) is 6.54 Å². The number of benzene rings is 1. The molecule has 1 aromatic carbocycles. The summed E-state index contributed by atoms with van der Waals surface area (Å²) >= 11 is 0. The number of halogens is 1. The maximum absolute atomic E-state index is 13.7. The average Bonchev–Trinajstić information content (AvgIpc) is 3.17. The van der Waals surface area contributed by atoms with Crippen molar-refractivity contribution < 1.29 is 9.13 Å². The number of imidazole rings is 1. The molecular weight excluding hydrogens is 245 g/mol. The maximum Gasteiger partial charge on any atom is 0.146 e. The van der Waals surface area contributed by atoms with Crippen molar-refractivity contribution in [2.24, 2.45) is 0 Å². The van der Waals surface area contributed by atoms with Crippen LogP contribution in [0.1, 0.15) is 24.6 Å². The minimum atomic E-state index is -0.279. The van der Waals surface area contributed by atoms with Gasteiger partial charge in [-0.05, 0) is 25.0 Å². The van der Waals surface area contributed by atoms with Gasteiger partial charge in [-0.25, -0.2) is 9.37 Å². The van der Waals surface area contributed by atoms with E-state index in [-0.39, 0.29) is 5.82 Å². The first-order valence-corrected chi connectivity index (χ1v) is 6.36. The summed E-state index contributed by atoms with van der Waals surface area (Å²) in [6.07, 6.45) is 6.08. The van der Waals surface area contributed by atoms with E-state index in [9.17, 15) is 4.39 Å². The third-order valence-electron chi connectivity index (χ3n) is 3.32. The van der Waals surface area contributed by atoms with E-state index in [1.807, 2.05) is 12.5 Å².